The Hall–Kier alpha value is -3.23. The Morgan fingerprint density at radius 1 is 1.18 bits per heavy atom. The molecule has 0 radical (unpaired) electrons. The van der Waals surface area contributed by atoms with Crippen molar-refractivity contribution in [2.24, 2.45) is 5.92 Å². The summed E-state index contributed by atoms with van der Waals surface area (Å²) >= 11 is 0. The minimum absolute atomic E-state index is 0.0609. The van der Waals surface area contributed by atoms with Gasteiger partial charge in [-0.2, -0.15) is 0 Å². The third-order valence-corrected chi connectivity index (χ3v) is 7.32. The van der Waals surface area contributed by atoms with Crippen LogP contribution in [-0.4, -0.2) is 49.6 Å². The van der Waals surface area contributed by atoms with Gasteiger partial charge < -0.3 is 15.2 Å². The Bertz CT molecular complexity index is 1100. The molecular weight excluding hydrogens is 420 g/mol. The van der Waals surface area contributed by atoms with Crippen LogP contribution in [0.25, 0.3) is 11.4 Å². The molecule has 3 heterocycles. The van der Waals surface area contributed by atoms with Crippen molar-refractivity contribution in [3.8, 4) is 11.4 Å². The Kier molecular flexibility index (Phi) is 5.64. The summed E-state index contributed by atoms with van der Waals surface area (Å²) in [5.41, 5.74) is 0.607. The van der Waals surface area contributed by atoms with Crippen LogP contribution in [0.2, 0.25) is 0 Å². The van der Waals surface area contributed by atoms with Crippen molar-refractivity contribution < 1.29 is 14.4 Å². The number of aryl methyl sites for hydroxylation is 1. The fraction of sp³-hybridized carbons (Fsp3) is 0.542. The lowest BCUT2D eigenvalue weighted by Gasteiger charge is -2.36. The second kappa shape index (κ2) is 8.61. The summed E-state index contributed by atoms with van der Waals surface area (Å²) in [5, 5.41) is 14.5. The first-order chi connectivity index (χ1) is 16.0. The molecule has 5 rings (SSSR count). The van der Waals surface area contributed by atoms with Gasteiger partial charge in [-0.25, -0.2) is 4.79 Å². The Balaban J connectivity index is 1.29. The van der Waals surface area contributed by atoms with Crippen LogP contribution in [0.3, 0.4) is 0 Å². The average Bonchev–Trinajstić information content (AvgIpc) is 3.19. The number of aromatic nitrogens is 3. The third-order valence-electron chi connectivity index (χ3n) is 7.32. The highest BCUT2D eigenvalue weighted by molar-refractivity contribution is 6.10. The van der Waals surface area contributed by atoms with Gasteiger partial charge in [-0.1, -0.05) is 38.3 Å². The highest BCUT2D eigenvalue weighted by Crippen LogP contribution is 2.38. The van der Waals surface area contributed by atoms with E-state index in [0.717, 1.165) is 67.2 Å². The fourth-order valence-corrected chi connectivity index (χ4v) is 5.42. The molecule has 9 nitrogen and oxygen atoms in total. The van der Waals surface area contributed by atoms with Crippen molar-refractivity contribution in [3.63, 3.8) is 0 Å². The summed E-state index contributed by atoms with van der Waals surface area (Å²) in [7, 11) is 0. The molecular formula is C24H30N6O3. The van der Waals surface area contributed by atoms with E-state index in [2.05, 4.69) is 25.4 Å². The van der Waals surface area contributed by atoms with Gasteiger partial charge >= 0.3 is 6.03 Å². The molecule has 2 aliphatic heterocycles. The average molecular weight is 451 g/mol. The molecule has 174 valence electrons. The third kappa shape index (κ3) is 3.89. The number of nitrogens with zero attached hydrogens (tertiary/aromatic N) is 4. The van der Waals surface area contributed by atoms with Gasteiger partial charge in [0.25, 0.3) is 5.91 Å². The molecule has 1 spiro atoms. The van der Waals surface area contributed by atoms with Gasteiger partial charge in [-0.15, -0.1) is 10.2 Å². The lowest BCUT2D eigenvalue weighted by Crippen LogP contribution is -2.54. The summed E-state index contributed by atoms with van der Waals surface area (Å²) < 4.78 is 2.16. The maximum Gasteiger partial charge on any atom is 0.325 e. The Morgan fingerprint density at radius 2 is 2.06 bits per heavy atom. The Morgan fingerprint density at radius 3 is 2.91 bits per heavy atom. The molecule has 4 amide bonds. The first-order valence-electron chi connectivity index (χ1n) is 11.9. The van der Waals surface area contributed by atoms with E-state index in [1.54, 1.807) is 6.07 Å². The summed E-state index contributed by atoms with van der Waals surface area (Å²) in [5.74, 6) is 1.17. The van der Waals surface area contributed by atoms with Crippen LogP contribution in [0.4, 0.5) is 10.5 Å². The molecule has 1 aromatic heterocycles. The quantitative estimate of drug-likeness (QED) is 0.696. The molecule has 33 heavy (non-hydrogen) atoms. The normalized spacial score (nSPS) is 25.0. The van der Waals surface area contributed by atoms with Crippen molar-refractivity contribution >= 4 is 23.5 Å². The number of anilines is 1. The number of benzene rings is 1. The second-order valence-corrected chi connectivity index (χ2v) is 9.47. The summed E-state index contributed by atoms with van der Waals surface area (Å²) in [6.45, 7) is 2.59. The first kappa shape index (κ1) is 21.6. The lowest BCUT2D eigenvalue weighted by molar-refractivity contribution is -0.136. The summed E-state index contributed by atoms with van der Waals surface area (Å²) in [6, 6.07) is 6.97. The van der Waals surface area contributed by atoms with E-state index in [9.17, 15) is 14.4 Å². The zero-order valence-electron chi connectivity index (χ0n) is 19.0. The van der Waals surface area contributed by atoms with Crippen LogP contribution >= 0.6 is 0 Å². The molecule has 2 aromatic rings. The minimum Gasteiger partial charge on any atom is -0.325 e. The molecule has 3 aliphatic rings. The summed E-state index contributed by atoms with van der Waals surface area (Å²) in [4.78, 5) is 39.5. The number of fused-ring (bicyclic) bond motifs is 1. The van der Waals surface area contributed by atoms with Crippen molar-refractivity contribution in [2.45, 2.75) is 70.4 Å². The number of imide groups is 1. The van der Waals surface area contributed by atoms with E-state index >= 15 is 0 Å². The standard InChI is InChI=1S/C24H30N6O3/c1-16-8-4-5-12-24(16)22(32)30(23(33)26-24)15-20(31)25-18-10-7-9-17(14-18)21-28-27-19-11-3-2-6-13-29(19)21/h7,9-10,14,16H,2-6,8,11-13,15H2,1H3,(H,25,31)(H,26,33)/t16-,24-/m1/s1. The van der Waals surface area contributed by atoms with Crippen LogP contribution in [0.5, 0.6) is 0 Å². The van der Waals surface area contributed by atoms with Gasteiger partial charge in [-0.3, -0.25) is 14.5 Å². The maximum atomic E-state index is 13.1. The second-order valence-electron chi connectivity index (χ2n) is 9.47. The molecule has 1 aliphatic carbocycles. The van der Waals surface area contributed by atoms with Crippen molar-refractivity contribution in [2.75, 3.05) is 11.9 Å². The van der Waals surface area contributed by atoms with E-state index < -0.39 is 17.5 Å². The molecule has 1 saturated carbocycles. The minimum atomic E-state index is -0.860. The van der Waals surface area contributed by atoms with Crippen LogP contribution in [0.1, 0.15) is 57.7 Å². The maximum absolute atomic E-state index is 13.1. The molecule has 1 aromatic carbocycles. The number of nitrogens with one attached hydrogen (secondary N) is 2. The zero-order chi connectivity index (χ0) is 23.0. The van der Waals surface area contributed by atoms with Crippen LogP contribution in [-0.2, 0) is 22.6 Å². The van der Waals surface area contributed by atoms with Crippen LogP contribution < -0.4 is 10.6 Å². The van der Waals surface area contributed by atoms with Crippen molar-refractivity contribution in [3.05, 3.63) is 30.1 Å². The SMILES string of the molecule is C[C@@H]1CCCC[C@@]12NC(=O)N(CC(=O)Nc1cccc(-c3nnc4n3CCCCC4)c1)C2=O. The first-order valence-corrected chi connectivity index (χ1v) is 11.9. The molecule has 0 unspecified atom stereocenters. The van der Waals surface area contributed by atoms with Crippen molar-refractivity contribution in [1.82, 2.24) is 25.0 Å². The monoisotopic (exact) mass is 450 g/mol. The molecule has 0 bridgehead atoms. The molecule has 2 atom stereocenters. The number of carbonyl (C=O) groups is 3. The number of hydrogen-bond donors (Lipinski definition) is 2. The molecule has 2 fully saturated rings. The van der Waals surface area contributed by atoms with E-state index in [1.807, 2.05) is 25.1 Å². The Labute approximate surface area is 192 Å². The van der Waals surface area contributed by atoms with Gasteiger partial charge in [0, 0.05) is 24.2 Å². The van der Waals surface area contributed by atoms with Gasteiger partial charge in [0.2, 0.25) is 5.91 Å². The molecule has 2 N–H and O–H groups in total. The van der Waals surface area contributed by atoms with E-state index in [0.29, 0.717) is 12.1 Å². The number of carbonyl (C=O) groups excluding carboxylic acids is 3. The number of urea groups is 1. The van der Waals surface area contributed by atoms with Gasteiger partial charge in [0.1, 0.15) is 17.9 Å². The van der Waals surface area contributed by atoms with Crippen LogP contribution in [0.15, 0.2) is 24.3 Å². The zero-order valence-corrected chi connectivity index (χ0v) is 19.0. The topological polar surface area (TPSA) is 109 Å². The highest BCUT2D eigenvalue weighted by atomic mass is 16.2. The number of hydrogen-bond acceptors (Lipinski definition) is 5. The number of rotatable bonds is 4. The largest absolute Gasteiger partial charge is 0.325 e. The lowest BCUT2D eigenvalue weighted by atomic mass is 9.73. The predicted octanol–water partition coefficient (Wildman–Crippen LogP) is 3.11. The van der Waals surface area contributed by atoms with E-state index in [-0.39, 0.29) is 18.4 Å². The molecule has 1 saturated heterocycles. The van der Waals surface area contributed by atoms with Gasteiger partial charge in [0.15, 0.2) is 5.82 Å². The predicted molar refractivity (Wildman–Crippen MR) is 122 cm³/mol. The highest BCUT2D eigenvalue weighted by Gasteiger charge is 2.55. The fourth-order valence-electron chi connectivity index (χ4n) is 5.42. The van der Waals surface area contributed by atoms with Crippen molar-refractivity contribution in [1.29, 1.82) is 0 Å². The van der Waals surface area contributed by atoms with E-state index in [1.165, 1.54) is 6.42 Å². The van der Waals surface area contributed by atoms with E-state index in [4.69, 9.17) is 0 Å². The smallest absolute Gasteiger partial charge is 0.325 e. The van der Waals surface area contributed by atoms with Gasteiger partial charge in [-0.05, 0) is 43.7 Å². The van der Waals surface area contributed by atoms with Crippen LogP contribution in [0, 0.1) is 5.92 Å². The molecule has 9 heteroatoms. The van der Waals surface area contributed by atoms with Gasteiger partial charge in [0.05, 0.1) is 0 Å². The summed E-state index contributed by atoms with van der Waals surface area (Å²) in [6.07, 6.45) is 7.80. The number of amides is 4.